The lowest BCUT2D eigenvalue weighted by atomic mass is 9.81. The van der Waals surface area contributed by atoms with Crippen molar-refractivity contribution in [3.8, 4) is 0 Å². The van der Waals surface area contributed by atoms with Crippen molar-refractivity contribution in [3.05, 3.63) is 41.7 Å². The molecule has 6 nitrogen and oxygen atoms in total. The van der Waals surface area contributed by atoms with Gasteiger partial charge in [-0.3, -0.25) is 0 Å². The average molecular weight is 437 g/mol. The topological polar surface area (TPSA) is 50.1 Å². The van der Waals surface area contributed by atoms with E-state index in [1.807, 2.05) is 24.3 Å². The smallest absolute Gasteiger partial charge is 0.258 e. The molecule has 2 saturated heterocycles. The minimum Gasteiger partial charge on any atom is -0.355 e. The van der Waals surface area contributed by atoms with Crippen LogP contribution in [-0.2, 0) is 6.54 Å². The number of fused-ring (bicyclic) bond motifs is 1. The Labute approximate surface area is 176 Å². The van der Waals surface area contributed by atoms with Crippen molar-refractivity contribution in [1.82, 2.24) is 24.1 Å². The first-order valence-corrected chi connectivity index (χ1v) is 10.6. The summed E-state index contributed by atoms with van der Waals surface area (Å²) < 4.78 is 29.1. The number of aromatic nitrogens is 4. The Balaban J connectivity index is 1.26. The lowest BCUT2D eigenvalue weighted by molar-refractivity contribution is 0.105. The number of nitrogens with zero attached hydrogens (tertiary/aromatic N) is 6. The number of rotatable bonds is 5. The van der Waals surface area contributed by atoms with Gasteiger partial charge in [0.2, 0.25) is 0 Å². The van der Waals surface area contributed by atoms with Gasteiger partial charge < -0.3 is 4.90 Å². The second kappa shape index (κ2) is 7.37. The lowest BCUT2D eigenvalue weighted by Crippen LogP contribution is -2.54. The fourth-order valence-corrected chi connectivity index (χ4v) is 5.56. The quantitative estimate of drug-likeness (QED) is 0.564. The number of anilines is 1. The van der Waals surface area contributed by atoms with E-state index in [1.54, 1.807) is 18.1 Å². The van der Waals surface area contributed by atoms with E-state index in [2.05, 4.69) is 24.3 Å². The van der Waals surface area contributed by atoms with Crippen LogP contribution < -0.4 is 4.90 Å². The molecule has 0 atom stereocenters. The maximum absolute atomic E-state index is 12.8. The molecular weight excluding hydrogens is 418 g/mol. The van der Waals surface area contributed by atoms with Gasteiger partial charge in [-0.1, -0.05) is 23.7 Å². The fourth-order valence-electron chi connectivity index (χ4n) is 4.07. The van der Waals surface area contributed by atoms with E-state index < -0.39 is 13.0 Å². The highest BCUT2D eigenvalue weighted by atomic mass is 35.5. The first-order chi connectivity index (χ1) is 14.0. The Morgan fingerprint density at radius 3 is 2.79 bits per heavy atom. The summed E-state index contributed by atoms with van der Waals surface area (Å²) in [5, 5.41) is 4.76. The SMILES string of the molecule is FC(F)Cn1ncc2ncc(N3CCC4(CN(Sc5ccccc5Cl)C4)C3)nc21. The molecular formula is C19H19ClF2N6S. The molecule has 1 aromatic carbocycles. The summed E-state index contributed by atoms with van der Waals surface area (Å²) >= 11 is 7.96. The van der Waals surface area contributed by atoms with Gasteiger partial charge in [0, 0.05) is 36.5 Å². The predicted octanol–water partition coefficient (Wildman–Crippen LogP) is 3.96. The summed E-state index contributed by atoms with van der Waals surface area (Å²) in [4.78, 5) is 12.2. The summed E-state index contributed by atoms with van der Waals surface area (Å²) in [7, 11) is 0. The maximum atomic E-state index is 12.8. The van der Waals surface area contributed by atoms with Crippen LogP contribution in [-0.4, -0.2) is 56.7 Å². The van der Waals surface area contributed by atoms with E-state index in [4.69, 9.17) is 11.6 Å². The summed E-state index contributed by atoms with van der Waals surface area (Å²) in [6.07, 6.45) is 1.79. The van der Waals surface area contributed by atoms with Crippen LogP contribution in [0.25, 0.3) is 11.2 Å². The molecule has 4 heterocycles. The van der Waals surface area contributed by atoms with Gasteiger partial charge in [0.25, 0.3) is 6.43 Å². The molecule has 2 aliphatic heterocycles. The van der Waals surface area contributed by atoms with Crippen LogP contribution >= 0.6 is 23.5 Å². The maximum Gasteiger partial charge on any atom is 0.258 e. The molecule has 0 amide bonds. The van der Waals surface area contributed by atoms with Crippen LogP contribution in [0.3, 0.4) is 0 Å². The van der Waals surface area contributed by atoms with Crippen LogP contribution in [0.5, 0.6) is 0 Å². The molecule has 152 valence electrons. The van der Waals surface area contributed by atoms with Gasteiger partial charge in [0.05, 0.1) is 17.4 Å². The molecule has 0 N–H and O–H groups in total. The van der Waals surface area contributed by atoms with Crippen LogP contribution in [0.15, 0.2) is 41.6 Å². The van der Waals surface area contributed by atoms with Crippen molar-refractivity contribution < 1.29 is 8.78 Å². The van der Waals surface area contributed by atoms with Crippen molar-refractivity contribution in [3.63, 3.8) is 0 Å². The first-order valence-electron chi connectivity index (χ1n) is 9.40. The summed E-state index contributed by atoms with van der Waals surface area (Å²) in [6.45, 7) is 3.26. The van der Waals surface area contributed by atoms with Gasteiger partial charge in [-0.25, -0.2) is 27.7 Å². The van der Waals surface area contributed by atoms with E-state index >= 15 is 0 Å². The third-order valence-electron chi connectivity index (χ3n) is 5.49. The standard InChI is InChI=1S/C19H19ClF2N6S/c20-13-3-1-2-4-15(13)29-27-11-19(12-27)5-6-26(10-19)17-8-23-14-7-24-28(9-16(21)22)18(14)25-17/h1-4,7-8,16H,5-6,9-12H2. The van der Waals surface area contributed by atoms with Crippen LogP contribution in [0.1, 0.15) is 6.42 Å². The number of halogens is 3. The molecule has 10 heteroatoms. The Hall–Kier alpha value is -1.97. The number of benzene rings is 1. The van der Waals surface area contributed by atoms with Gasteiger partial charge in [-0.15, -0.1) is 0 Å². The third kappa shape index (κ3) is 3.67. The normalized spacial score (nSPS) is 18.8. The summed E-state index contributed by atoms with van der Waals surface area (Å²) in [5.74, 6) is 0.725. The van der Waals surface area contributed by atoms with Gasteiger partial charge >= 0.3 is 0 Å². The number of hydrogen-bond acceptors (Lipinski definition) is 6. The minimum atomic E-state index is -2.48. The summed E-state index contributed by atoms with van der Waals surface area (Å²) in [6, 6.07) is 7.87. The molecule has 0 aliphatic carbocycles. The Morgan fingerprint density at radius 1 is 1.17 bits per heavy atom. The van der Waals surface area contributed by atoms with E-state index in [0.29, 0.717) is 11.2 Å². The summed E-state index contributed by atoms with van der Waals surface area (Å²) in [5.41, 5.74) is 1.18. The fraction of sp³-hybridized carbons (Fsp3) is 0.421. The Kier molecular flexibility index (Phi) is 4.84. The van der Waals surface area contributed by atoms with E-state index in [9.17, 15) is 8.78 Å². The molecule has 29 heavy (non-hydrogen) atoms. The zero-order valence-corrected chi connectivity index (χ0v) is 17.1. The third-order valence-corrected chi connectivity index (χ3v) is 7.00. The highest BCUT2D eigenvalue weighted by Gasteiger charge is 2.48. The molecule has 0 saturated carbocycles. The molecule has 1 spiro atoms. The largest absolute Gasteiger partial charge is 0.355 e. The number of alkyl halides is 2. The lowest BCUT2D eigenvalue weighted by Gasteiger charge is -2.47. The highest BCUT2D eigenvalue weighted by molar-refractivity contribution is 7.97. The predicted molar refractivity (Wildman–Crippen MR) is 109 cm³/mol. The van der Waals surface area contributed by atoms with E-state index in [-0.39, 0.29) is 5.41 Å². The van der Waals surface area contributed by atoms with Crippen LogP contribution in [0, 0.1) is 5.41 Å². The van der Waals surface area contributed by atoms with E-state index in [0.717, 1.165) is 48.3 Å². The van der Waals surface area contributed by atoms with Gasteiger partial charge in [-0.05, 0) is 30.5 Å². The number of hydrogen-bond donors (Lipinski definition) is 0. The molecule has 0 radical (unpaired) electrons. The monoisotopic (exact) mass is 436 g/mol. The molecule has 0 unspecified atom stereocenters. The zero-order valence-electron chi connectivity index (χ0n) is 15.5. The molecule has 2 aliphatic rings. The van der Waals surface area contributed by atoms with Crippen molar-refractivity contribution >= 4 is 40.5 Å². The highest BCUT2D eigenvalue weighted by Crippen LogP contribution is 2.46. The van der Waals surface area contributed by atoms with E-state index in [1.165, 1.54) is 10.9 Å². The van der Waals surface area contributed by atoms with Gasteiger partial charge in [0.1, 0.15) is 17.9 Å². The van der Waals surface area contributed by atoms with Gasteiger partial charge in [0.15, 0.2) is 5.65 Å². The molecule has 0 bridgehead atoms. The van der Waals surface area contributed by atoms with Crippen LogP contribution in [0.2, 0.25) is 5.02 Å². The Morgan fingerprint density at radius 2 is 2.00 bits per heavy atom. The second-order valence-corrected chi connectivity index (χ2v) is 9.19. The molecule has 2 aromatic heterocycles. The van der Waals surface area contributed by atoms with Gasteiger partial charge in [-0.2, -0.15) is 5.10 Å². The van der Waals surface area contributed by atoms with Crippen molar-refractivity contribution in [2.45, 2.75) is 24.3 Å². The van der Waals surface area contributed by atoms with Crippen LogP contribution in [0.4, 0.5) is 14.6 Å². The average Bonchev–Trinajstić information content (AvgIpc) is 3.28. The first kappa shape index (κ1) is 19.0. The van der Waals surface area contributed by atoms with Crippen molar-refractivity contribution in [2.24, 2.45) is 5.41 Å². The van der Waals surface area contributed by atoms with Crippen molar-refractivity contribution in [1.29, 1.82) is 0 Å². The molecule has 3 aromatic rings. The Bertz CT molecular complexity index is 1040. The molecule has 2 fully saturated rings. The molecule has 5 rings (SSSR count). The zero-order chi connectivity index (χ0) is 20.0. The van der Waals surface area contributed by atoms with Crippen molar-refractivity contribution in [2.75, 3.05) is 31.1 Å². The minimum absolute atomic E-state index is 0.230. The second-order valence-electron chi connectivity index (χ2n) is 7.65.